The fourth-order valence-corrected chi connectivity index (χ4v) is 3.63. The number of hydrogen-bond donors (Lipinski definition) is 1. The van der Waals surface area contributed by atoms with Gasteiger partial charge in [-0.3, -0.25) is 4.79 Å². The van der Waals surface area contributed by atoms with Crippen molar-refractivity contribution in [3.63, 3.8) is 0 Å². The SMILES string of the molecule is Cc1ccsc1CNC(=O)CCc1c(C)nc2nc(C(F)(F)F)nn2c1C. The van der Waals surface area contributed by atoms with Gasteiger partial charge in [-0.2, -0.15) is 18.2 Å². The summed E-state index contributed by atoms with van der Waals surface area (Å²) in [4.78, 5) is 20.8. The van der Waals surface area contributed by atoms with Crippen LogP contribution in [0.1, 0.15) is 39.6 Å². The number of rotatable bonds is 5. The highest BCUT2D eigenvalue weighted by Gasteiger charge is 2.36. The molecule has 3 aromatic heterocycles. The first-order valence-electron chi connectivity index (χ1n) is 8.26. The quantitative estimate of drug-likeness (QED) is 0.716. The smallest absolute Gasteiger partial charge is 0.351 e. The molecule has 0 spiro atoms. The summed E-state index contributed by atoms with van der Waals surface area (Å²) in [5.41, 5.74) is 2.88. The second kappa shape index (κ2) is 7.26. The lowest BCUT2D eigenvalue weighted by Crippen LogP contribution is -2.23. The highest BCUT2D eigenvalue weighted by atomic mass is 32.1. The number of fused-ring (bicyclic) bond motifs is 1. The van der Waals surface area contributed by atoms with Crippen LogP contribution in [-0.2, 0) is 23.9 Å². The number of alkyl halides is 3. The van der Waals surface area contributed by atoms with Crippen molar-refractivity contribution in [3.05, 3.63) is 44.7 Å². The predicted octanol–water partition coefficient (Wildman–Crippen LogP) is 3.38. The van der Waals surface area contributed by atoms with E-state index in [-0.39, 0.29) is 18.1 Å². The van der Waals surface area contributed by atoms with Crippen molar-refractivity contribution in [3.8, 4) is 0 Å². The largest absolute Gasteiger partial charge is 0.453 e. The fourth-order valence-electron chi connectivity index (χ4n) is 2.78. The summed E-state index contributed by atoms with van der Waals surface area (Å²) in [6, 6.07) is 1.99. The van der Waals surface area contributed by atoms with Crippen LogP contribution in [0.15, 0.2) is 11.4 Å². The third-order valence-corrected chi connectivity index (χ3v) is 5.34. The monoisotopic (exact) mass is 397 g/mol. The molecule has 3 rings (SSSR count). The molecule has 0 fully saturated rings. The lowest BCUT2D eigenvalue weighted by atomic mass is 10.1. The average molecular weight is 397 g/mol. The number of hydrogen-bond acceptors (Lipinski definition) is 5. The van der Waals surface area contributed by atoms with Crippen LogP contribution in [0.4, 0.5) is 13.2 Å². The summed E-state index contributed by atoms with van der Waals surface area (Å²) in [6.07, 6.45) is -4.06. The molecule has 0 saturated heterocycles. The van der Waals surface area contributed by atoms with Gasteiger partial charge in [0, 0.05) is 22.7 Å². The predicted molar refractivity (Wildman–Crippen MR) is 94.5 cm³/mol. The van der Waals surface area contributed by atoms with Gasteiger partial charge in [0.25, 0.3) is 11.6 Å². The maximum Gasteiger partial charge on any atom is 0.453 e. The van der Waals surface area contributed by atoms with E-state index in [4.69, 9.17) is 0 Å². The molecule has 6 nitrogen and oxygen atoms in total. The van der Waals surface area contributed by atoms with Crippen molar-refractivity contribution in [2.45, 2.75) is 46.3 Å². The zero-order valence-corrected chi connectivity index (χ0v) is 15.8. The van der Waals surface area contributed by atoms with E-state index in [1.807, 2.05) is 18.4 Å². The molecular formula is C17H18F3N5OS. The molecule has 3 heterocycles. The van der Waals surface area contributed by atoms with E-state index >= 15 is 0 Å². The van der Waals surface area contributed by atoms with Crippen molar-refractivity contribution in [1.82, 2.24) is 24.9 Å². The number of thiophene rings is 1. The molecule has 0 aliphatic carbocycles. The Balaban J connectivity index is 1.72. The lowest BCUT2D eigenvalue weighted by molar-refractivity contribution is -0.144. The second-order valence-corrected chi connectivity index (χ2v) is 7.21. The number of nitrogens with zero attached hydrogens (tertiary/aromatic N) is 4. The third kappa shape index (κ3) is 4.10. The molecule has 0 atom stereocenters. The first kappa shape index (κ1) is 19.3. The van der Waals surface area contributed by atoms with E-state index < -0.39 is 12.0 Å². The number of halogens is 3. The standard InChI is InChI=1S/C17H18F3N5OS/c1-9-6-7-27-13(9)8-21-14(26)5-4-12-10(2)22-16-23-15(17(18,19)20)24-25(16)11(12)3/h6-7H,4-5,8H2,1-3H3,(H,21,26). The average Bonchev–Trinajstić information content (AvgIpc) is 3.18. The maximum atomic E-state index is 12.8. The Labute approximate surface area is 157 Å². The van der Waals surface area contributed by atoms with Crippen LogP contribution in [0.3, 0.4) is 0 Å². The Hall–Kier alpha value is -2.49. The van der Waals surface area contributed by atoms with Gasteiger partial charge in [0.15, 0.2) is 0 Å². The van der Waals surface area contributed by atoms with Crippen LogP contribution in [0.5, 0.6) is 0 Å². The molecule has 1 amide bonds. The molecule has 10 heteroatoms. The van der Waals surface area contributed by atoms with E-state index in [9.17, 15) is 18.0 Å². The van der Waals surface area contributed by atoms with Crippen LogP contribution < -0.4 is 5.32 Å². The zero-order chi connectivity index (χ0) is 19.8. The van der Waals surface area contributed by atoms with Crippen molar-refractivity contribution >= 4 is 23.0 Å². The van der Waals surface area contributed by atoms with Crippen LogP contribution in [0.2, 0.25) is 0 Å². The van der Waals surface area contributed by atoms with E-state index in [1.165, 1.54) is 0 Å². The number of carbonyl (C=O) groups excluding carboxylic acids is 1. The minimum absolute atomic E-state index is 0.0984. The Morgan fingerprint density at radius 3 is 2.63 bits per heavy atom. The van der Waals surface area contributed by atoms with Crippen LogP contribution >= 0.6 is 11.3 Å². The summed E-state index contributed by atoms with van der Waals surface area (Å²) in [6.45, 7) is 5.80. The van der Waals surface area contributed by atoms with Gasteiger partial charge in [0.2, 0.25) is 5.91 Å². The minimum Gasteiger partial charge on any atom is -0.351 e. The molecule has 27 heavy (non-hydrogen) atoms. The molecule has 0 aliphatic heterocycles. The number of carbonyl (C=O) groups is 1. The van der Waals surface area contributed by atoms with Crippen molar-refractivity contribution in [2.75, 3.05) is 0 Å². The maximum absolute atomic E-state index is 12.8. The summed E-state index contributed by atoms with van der Waals surface area (Å²) >= 11 is 1.58. The highest BCUT2D eigenvalue weighted by molar-refractivity contribution is 7.10. The van der Waals surface area contributed by atoms with E-state index in [1.54, 1.807) is 25.2 Å². The lowest BCUT2D eigenvalue weighted by Gasteiger charge is -2.10. The number of aryl methyl sites for hydroxylation is 3. The summed E-state index contributed by atoms with van der Waals surface area (Å²) in [7, 11) is 0. The van der Waals surface area contributed by atoms with Crippen molar-refractivity contribution in [2.24, 2.45) is 0 Å². The normalized spacial score (nSPS) is 11.9. The summed E-state index contributed by atoms with van der Waals surface area (Å²) in [5.74, 6) is -1.45. The van der Waals surface area contributed by atoms with Crippen LogP contribution in [0, 0.1) is 20.8 Å². The molecule has 0 radical (unpaired) electrons. The molecule has 144 valence electrons. The summed E-state index contributed by atoms with van der Waals surface area (Å²) < 4.78 is 39.6. The van der Waals surface area contributed by atoms with Crippen molar-refractivity contribution < 1.29 is 18.0 Å². The Morgan fingerprint density at radius 1 is 1.26 bits per heavy atom. The van der Waals surface area contributed by atoms with Crippen LogP contribution in [0.25, 0.3) is 5.78 Å². The highest BCUT2D eigenvalue weighted by Crippen LogP contribution is 2.27. The van der Waals surface area contributed by atoms with Gasteiger partial charge in [-0.25, -0.2) is 9.50 Å². The Kier molecular flexibility index (Phi) is 5.18. The van der Waals surface area contributed by atoms with Gasteiger partial charge in [0.1, 0.15) is 0 Å². The van der Waals surface area contributed by atoms with E-state index in [0.717, 1.165) is 15.0 Å². The van der Waals surface area contributed by atoms with Crippen molar-refractivity contribution in [1.29, 1.82) is 0 Å². The topological polar surface area (TPSA) is 72.2 Å². The molecule has 0 aliphatic rings. The van der Waals surface area contributed by atoms with E-state index in [2.05, 4.69) is 20.4 Å². The first-order valence-corrected chi connectivity index (χ1v) is 9.14. The second-order valence-electron chi connectivity index (χ2n) is 6.21. The first-order chi connectivity index (χ1) is 12.7. The zero-order valence-electron chi connectivity index (χ0n) is 15.0. The number of aromatic nitrogens is 4. The van der Waals surface area contributed by atoms with E-state index in [0.29, 0.717) is 29.9 Å². The van der Waals surface area contributed by atoms with Gasteiger partial charge in [-0.1, -0.05) is 0 Å². The Morgan fingerprint density at radius 2 is 2.00 bits per heavy atom. The molecule has 1 N–H and O–H groups in total. The Bertz CT molecular complexity index is 993. The molecule has 0 saturated carbocycles. The molecule has 0 unspecified atom stereocenters. The number of nitrogens with one attached hydrogen (secondary N) is 1. The molecule has 0 aromatic carbocycles. The molecular weight excluding hydrogens is 379 g/mol. The van der Waals surface area contributed by atoms with Gasteiger partial charge in [-0.05, 0) is 49.8 Å². The van der Waals surface area contributed by atoms with Gasteiger partial charge >= 0.3 is 6.18 Å². The van der Waals surface area contributed by atoms with Gasteiger partial charge in [-0.15, -0.1) is 16.4 Å². The molecule has 0 bridgehead atoms. The van der Waals surface area contributed by atoms with Gasteiger partial charge < -0.3 is 5.32 Å². The third-order valence-electron chi connectivity index (χ3n) is 4.32. The van der Waals surface area contributed by atoms with Gasteiger partial charge in [0.05, 0.1) is 6.54 Å². The number of amides is 1. The molecule has 3 aromatic rings. The van der Waals surface area contributed by atoms with Crippen LogP contribution in [-0.4, -0.2) is 25.5 Å². The minimum atomic E-state index is -4.63. The fraction of sp³-hybridized carbons (Fsp3) is 0.412. The summed E-state index contributed by atoms with van der Waals surface area (Å²) in [5, 5.41) is 8.34.